The Kier molecular flexibility index (Phi) is 2.47. The Morgan fingerprint density at radius 1 is 1.54 bits per heavy atom. The topological polar surface area (TPSA) is 38.5 Å². The van der Waals surface area contributed by atoms with Gasteiger partial charge in [0, 0.05) is 0 Å². The summed E-state index contributed by atoms with van der Waals surface area (Å²) < 4.78 is 7.68. The number of para-hydroxylation sites is 2. The number of fused-ring (bicyclic) bond motifs is 1. The molecule has 0 amide bonds. The number of nitrogens with two attached hydrogens (primary N) is 1. The van der Waals surface area contributed by atoms with Gasteiger partial charge >= 0.3 is 86.3 Å². The van der Waals surface area contributed by atoms with Crippen molar-refractivity contribution in [2.45, 2.75) is 6.04 Å². The Morgan fingerprint density at radius 3 is 3.08 bits per heavy atom. The van der Waals surface area contributed by atoms with Crippen LogP contribution in [-0.4, -0.2) is 36.3 Å². The molecule has 0 saturated carbocycles. The van der Waals surface area contributed by atoms with E-state index in [0.29, 0.717) is 13.2 Å². The van der Waals surface area contributed by atoms with Crippen LogP contribution in [0.25, 0.3) is 0 Å². The maximum absolute atomic E-state index is 5.62. The number of ether oxygens (including phenoxy) is 1. The Bertz CT molecular complexity index is 305. The van der Waals surface area contributed by atoms with Crippen molar-refractivity contribution in [1.82, 2.24) is 0 Å². The third kappa shape index (κ3) is 1.54. The van der Waals surface area contributed by atoms with Gasteiger partial charge in [-0.05, 0) is 0 Å². The molecule has 13 heavy (non-hydrogen) atoms. The zero-order valence-corrected chi connectivity index (χ0v) is 9.06. The van der Waals surface area contributed by atoms with Crippen LogP contribution in [0.1, 0.15) is 0 Å². The number of hydrogen-bond donors (Lipinski definition) is 1. The van der Waals surface area contributed by atoms with Gasteiger partial charge in [0.15, 0.2) is 0 Å². The predicted molar refractivity (Wildman–Crippen MR) is 53.0 cm³/mol. The molecule has 1 aliphatic heterocycles. The van der Waals surface area contributed by atoms with E-state index in [1.54, 1.807) is 0 Å². The van der Waals surface area contributed by atoms with Gasteiger partial charge in [-0.25, -0.2) is 0 Å². The molecule has 0 aromatic heterocycles. The van der Waals surface area contributed by atoms with E-state index in [1.807, 2.05) is 24.3 Å². The van der Waals surface area contributed by atoms with Gasteiger partial charge in [0.25, 0.3) is 0 Å². The molecule has 1 atom stereocenters. The molecule has 1 aliphatic rings. The molecule has 4 heteroatoms. The van der Waals surface area contributed by atoms with Crippen LogP contribution in [0.2, 0.25) is 0 Å². The van der Waals surface area contributed by atoms with Crippen molar-refractivity contribution in [2.75, 3.05) is 17.0 Å². The van der Waals surface area contributed by atoms with Gasteiger partial charge in [0.1, 0.15) is 0 Å². The maximum atomic E-state index is 5.62. The molecular formula is C9H11AsN2O. The second kappa shape index (κ2) is 3.60. The van der Waals surface area contributed by atoms with Gasteiger partial charge in [-0.3, -0.25) is 0 Å². The third-order valence-corrected chi connectivity index (χ3v) is 3.30. The minimum atomic E-state index is 0.273. The molecule has 1 heterocycles. The van der Waals surface area contributed by atoms with Crippen LogP contribution in [0.15, 0.2) is 24.3 Å². The van der Waals surface area contributed by atoms with Gasteiger partial charge < -0.3 is 0 Å². The second-order valence-corrected chi connectivity index (χ2v) is 3.92. The van der Waals surface area contributed by atoms with E-state index in [0.717, 1.165) is 11.4 Å². The van der Waals surface area contributed by atoms with E-state index in [9.17, 15) is 0 Å². The molecule has 1 aromatic carbocycles. The van der Waals surface area contributed by atoms with Crippen LogP contribution < -0.4 is 14.3 Å². The number of anilines is 1. The first kappa shape index (κ1) is 8.92. The number of rotatable bonds is 1. The van der Waals surface area contributed by atoms with Gasteiger partial charge in [0.2, 0.25) is 0 Å². The fraction of sp³-hybridized carbons (Fsp3) is 0.333. The summed E-state index contributed by atoms with van der Waals surface area (Å²) in [7, 11) is 0. The molecule has 0 aliphatic carbocycles. The molecule has 68 valence electrons. The number of hydrogen-bond acceptors (Lipinski definition) is 3. The third-order valence-electron chi connectivity index (χ3n) is 2.16. The molecule has 0 saturated heterocycles. The van der Waals surface area contributed by atoms with Gasteiger partial charge in [-0.1, -0.05) is 0 Å². The fourth-order valence-corrected chi connectivity index (χ4v) is 2.07. The summed E-state index contributed by atoms with van der Waals surface area (Å²) in [5.74, 6) is 0.938. The SMILES string of the molecule is NCC1COc2ccccc2N1[As]. The quantitative estimate of drug-likeness (QED) is 0.715. The molecule has 0 spiro atoms. The summed E-state index contributed by atoms with van der Waals surface area (Å²) in [5, 5.41) is 0. The molecule has 0 fully saturated rings. The molecule has 1 aromatic rings. The fourth-order valence-electron chi connectivity index (χ4n) is 1.39. The van der Waals surface area contributed by atoms with Crippen molar-refractivity contribution >= 4 is 22.8 Å². The van der Waals surface area contributed by atoms with Crippen LogP contribution in [-0.2, 0) is 0 Å². The Morgan fingerprint density at radius 2 is 2.31 bits per heavy atom. The minimum absolute atomic E-state index is 0.273. The Hall–Kier alpha value is -0.662. The van der Waals surface area contributed by atoms with Crippen molar-refractivity contribution in [3.05, 3.63) is 24.3 Å². The first-order valence-electron chi connectivity index (χ1n) is 4.23. The summed E-state index contributed by atoms with van der Waals surface area (Å²) in [6, 6.07) is 8.26. The van der Waals surface area contributed by atoms with Crippen molar-refractivity contribution in [3.63, 3.8) is 0 Å². The molecular weight excluding hydrogens is 227 g/mol. The van der Waals surface area contributed by atoms with Gasteiger partial charge in [-0.15, -0.1) is 0 Å². The molecule has 2 N–H and O–H groups in total. The zero-order chi connectivity index (χ0) is 9.26. The van der Waals surface area contributed by atoms with E-state index >= 15 is 0 Å². The number of nitrogens with zero attached hydrogens (tertiary/aromatic N) is 1. The molecule has 1 unspecified atom stereocenters. The molecule has 2 rings (SSSR count). The van der Waals surface area contributed by atoms with Gasteiger partial charge in [0.05, 0.1) is 0 Å². The van der Waals surface area contributed by atoms with E-state index in [2.05, 4.69) is 20.9 Å². The van der Waals surface area contributed by atoms with Crippen LogP contribution in [0, 0.1) is 0 Å². The van der Waals surface area contributed by atoms with Crippen LogP contribution in [0.4, 0.5) is 5.69 Å². The summed E-state index contributed by atoms with van der Waals surface area (Å²) >= 11 is 2.53. The van der Waals surface area contributed by atoms with E-state index < -0.39 is 0 Å². The average molecular weight is 238 g/mol. The molecule has 3 nitrogen and oxygen atoms in total. The normalized spacial score (nSPS) is 20.8. The Balaban J connectivity index is 2.33. The standard InChI is InChI=1S/C9H11AsN2O/c10-12-7(5-11)6-13-9-4-2-1-3-8(9)12/h1-4,7H,5-6,11H2. The summed E-state index contributed by atoms with van der Waals surface area (Å²) in [6.07, 6.45) is 0. The summed E-state index contributed by atoms with van der Waals surface area (Å²) in [5.41, 5.74) is 6.72. The summed E-state index contributed by atoms with van der Waals surface area (Å²) in [4.78, 5) is 0. The van der Waals surface area contributed by atoms with E-state index in [1.165, 1.54) is 0 Å². The van der Waals surface area contributed by atoms with Crippen molar-refractivity contribution in [3.8, 4) is 5.75 Å². The predicted octanol–water partition coefficient (Wildman–Crippen LogP) is 0.296. The molecule has 0 bridgehead atoms. The monoisotopic (exact) mass is 238 g/mol. The first-order valence-corrected chi connectivity index (χ1v) is 5.07. The number of benzene rings is 1. The van der Waals surface area contributed by atoms with Crippen LogP contribution in [0.3, 0.4) is 0 Å². The van der Waals surface area contributed by atoms with Gasteiger partial charge in [-0.2, -0.15) is 0 Å². The van der Waals surface area contributed by atoms with Crippen molar-refractivity contribution in [2.24, 2.45) is 5.73 Å². The second-order valence-electron chi connectivity index (χ2n) is 3.01. The van der Waals surface area contributed by atoms with Crippen molar-refractivity contribution < 1.29 is 4.74 Å². The molecule has 2 radical (unpaired) electrons. The van der Waals surface area contributed by atoms with Crippen LogP contribution >= 0.6 is 0 Å². The average Bonchev–Trinajstić information content (AvgIpc) is 2.19. The van der Waals surface area contributed by atoms with E-state index in [-0.39, 0.29) is 6.04 Å². The Labute approximate surface area is 86.6 Å². The zero-order valence-electron chi connectivity index (χ0n) is 7.18. The summed E-state index contributed by atoms with van der Waals surface area (Å²) in [6.45, 7) is 1.28. The first-order chi connectivity index (χ1) is 6.33. The van der Waals surface area contributed by atoms with E-state index in [4.69, 9.17) is 10.5 Å². The van der Waals surface area contributed by atoms with Crippen LogP contribution in [0.5, 0.6) is 5.75 Å². The van der Waals surface area contributed by atoms with Crippen molar-refractivity contribution in [1.29, 1.82) is 0 Å².